The van der Waals surface area contributed by atoms with Crippen LogP contribution in [0.2, 0.25) is 0 Å². The van der Waals surface area contributed by atoms with Crippen LogP contribution in [0.15, 0.2) is 0 Å². The molecule has 7 heteroatoms. The van der Waals surface area contributed by atoms with E-state index in [0.29, 0.717) is 19.0 Å². The van der Waals surface area contributed by atoms with Crippen LogP contribution in [0, 0.1) is 5.92 Å². The van der Waals surface area contributed by atoms with E-state index in [4.69, 9.17) is 5.11 Å². The van der Waals surface area contributed by atoms with Gasteiger partial charge in [0.2, 0.25) is 0 Å². The zero-order valence-corrected chi connectivity index (χ0v) is 12.3. The Bertz CT molecular complexity index is 383. The molecule has 0 aromatic rings. The minimum Gasteiger partial charge on any atom is -0.480 e. The fourth-order valence-corrected chi connectivity index (χ4v) is 3.14. The van der Waals surface area contributed by atoms with Gasteiger partial charge in [0, 0.05) is 18.8 Å². The summed E-state index contributed by atoms with van der Waals surface area (Å²) in [5, 5.41) is 11.5. The van der Waals surface area contributed by atoms with Gasteiger partial charge in [0.05, 0.1) is 12.3 Å². The summed E-state index contributed by atoms with van der Waals surface area (Å²) in [6, 6.07) is 0. The molecule has 0 aliphatic carbocycles. The molecule has 1 unspecified atom stereocenters. The number of carbonyl (C=O) groups is 1. The molecule has 0 saturated carbocycles. The van der Waals surface area contributed by atoms with E-state index >= 15 is 0 Å². The summed E-state index contributed by atoms with van der Waals surface area (Å²) >= 11 is 0. The van der Waals surface area contributed by atoms with Crippen molar-refractivity contribution >= 4 is 15.8 Å². The molecular weight excluding hydrogens is 268 g/mol. The highest BCUT2D eigenvalue weighted by atomic mass is 32.2. The normalized spacial score (nSPS) is 21.4. The van der Waals surface area contributed by atoms with E-state index < -0.39 is 15.8 Å². The number of hydrogen-bond donors (Lipinski definition) is 2. The number of piperidine rings is 1. The van der Waals surface area contributed by atoms with Crippen LogP contribution in [-0.4, -0.2) is 68.6 Å². The minimum atomic E-state index is -2.90. The standard InChI is InChI=1S/C12H24N2O4S/c1-2-19(17,18)7-6-14-5-3-4-11(10-14)8-13-9-12(15)16/h11,13H,2-10H2,1H3,(H,15,16). The van der Waals surface area contributed by atoms with Gasteiger partial charge >= 0.3 is 5.97 Å². The van der Waals surface area contributed by atoms with Gasteiger partial charge < -0.3 is 15.3 Å². The third-order valence-electron chi connectivity index (χ3n) is 3.47. The van der Waals surface area contributed by atoms with E-state index in [0.717, 1.165) is 25.9 Å². The third kappa shape index (κ3) is 6.89. The van der Waals surface area contributed by atoms with E-state index in [1.807, 2.05) is 0 Å². The van der Waals surface area contributed by atoms with Gasteiger partial charge in [-0.1, -0.05) is 6.92 Å². The Morgan fingerprint density at radius 3 is 2.84 bits per heavy atom. The molecule has 0 radical (unpaired) electrons. The van der Waals surface area contributed by atoms with Crippen LogP contribution in [0.25, 0.3) is 0 Å². The second-order valence-electron chi connectivity index (χ2n) is 5.07. The van der Waals surface area contributed by atoms with Gasteiger partial charge in [-0.2, -0.15) is 0 Å². The van der Waals surface area contributed by atoms with Crippen molar-refractivity contribution in [1.29, 1.82) is 0 Å². The van der Waals surface area contributed by atoms with E-state index in [9.17, 15) is 13.2 Å². The second-order valence-corrected chi connectivity index (χ2v) is 7.54. The molecule has 1 saturated heterocycles. The van der Waals surface area contributed by atoms with Gasteiger partial charge in [0.1, 0.15) is 0 Å². The average Bonchev–Trinajstić information content (AvgIpc) is 2.37. The fourth-order valence-electron chi connectivity index (χ4n) is 2.32. The summed E-state index contributed by atoms with van der Waals surface area (Å²) in [5.41, 5.74) is 0. The molecule has 0 bridgehead atoms. The van der Waals surface area contributed by atoms with Crippen molar-refractivity contribution in [1.82, 2.24) is 10.2 Å². The lowest BCUT2D eigenvalue weighted by Gasteiger charge is -2.32. The third-order valence-corrected chi connectivity index (χ3v) is 5.15. The number of carboxylic acid groups (broad SMARTS) is 1. The molecule has 1 heterocycles. The van der Waals surface area contributed by atoms with E-state index in [1.165, 1.54) is 0 Å². The van der Waals surface area contributed by atoms with Crippen molar-refractivity contribution in [2.75, 3.05) is 44.2 Å². The maximum Gasteiger partial charge on any atom is 0.317 e. The monoisotopic (exact) mass is 292 g/mol. The molecule has 6 nitrogen and oxygen atoms in total. The van der Waals surface area contributed by atoms with Gasteiger partial charge in [0.25, 0.3) is 0 Å². The quantitative estimate of drug-likeness (QED) is 0.645. The van der Waals surface area contributed by atoms with Crippen LogP contribution in [0.1, 0.15) is 19.8 Å². The molecule has 112 valence electrons. The molecule has 1 atom stereocenters. The number of sulfone groups is 1. The number of aliphatic carboxylic acids is 1. The number of nitrogens with zero attached hydrogens (tertiary/aromatic N) is 1. The van der Waals surface area contributed by atoms with Gasteiger partial charge in [-0.15, -0.1) is 0 Å². The van der Waals surface area contributed by atoms with Crippen LogP contribution < -0.4 is 5.32 Å². The molecule has 1 aliphatic rings. The Hall–Kier alpha value is -0.660. The molecule has 1 fully saturated rings. The van der Waals surface area contributed by atoms with E-state index in [2.05, 4.69) is 10.2 Å². The fraction of sp³-hybridized carbons (Fsp3) is 0.917. The molecule has 0 spiro atoms. The SMILES string of the molecule is CCS(=O)(=O)CCN1CCCC(CNCC(=O)O)C1. The van der Waals surface area contributed by atoms with Gasteiger partial charge in [0.15, 0.2) is 9.84 Å². The number of nitrogens with one attached hydrogen (secondary N) is 1. The zero-order chi connectivity index (χ0) is 14.3. The highest BCUT2D eigenvalue weighted by molar-refractivity contribution is 7.91. The molecule has 2 N–H and O–H groups in total. The Kier molecular flexibility index (Phi) is 6.74. The maximum atomic E-state index is 11.5. The topological polar surface area (TPSA) is 86.7 Å². The predicted molar refractivity (Wildman–Crippen MR) is 74.0 cm³/mol. The summed E-state index contributed by atoms with van der Waals surface area (Å²) < 4.78 is 22.9. The molecule has 0 aromatic heterocycles. The maximum absolute atomic E-state index is 11.5. The summed E-state index contributed by atoms with van der Waals surface area (Å²) in [5.74, 6) is -0.0115. The Morgan fingerprint density at radius 1 is 1.47 bits per heavy atom. The van der Waals surface area contributed by atoms with Crippen LogP contribution >= 0.6 is 0 Å². The van der Waals surface area contributed by atoms with Crippen molar-refractivity contribution in [2.24, 2.45) is 5.92 Å². The molecule has 0 aromatic carbocycles. The van der Waals surface area contributed by atoms with Gasteiger partial charge in [-0.05, 0) is 31.8 Å². The van der Waals surface area contributed by atoms with Gasteiger partial charge in [-0.25, -0.2) is 8.42 Å². The first-order chi connectivity index (χ1) is 8.93. The molecule has 0 amide bonds. The summed E-state index contributed by atoms with van der Waals surface area (Å²) in [6.07, 6.45) is 2.12. The van der Waals surface area contributed by atoms with Gasteiger partial charge in [-0.3, -0.25) is 4.79 Å². The lowest BCUT2D eigenvalue weighted by molar-refractivity contribution is -0.136. The van der Waals surface area contributed by atoms with E-state index in [1.54, 1.807) is 6.92 Å². The Labute approximate surface area is 115 Å². The number of rotatable bonds is 8. The second kappa shape index (κ2) is 7.81. The number of carboxylic acids is 1. The molecular formula is C12H24N2O4S. The predicted octanol–water partition coefficient (Wildman–Crippen LogP) is -0.193. The average molecular weight is 292 g/mol. The highest BCUT2D eigenvalue weighted by Crippen LogP contribution is 2.15. The first kappa shape index (κ1) is 16.4. The molecule has 19 heavy (non-hydrogen) atoms. The van der Waals surface area contributed by atoms with Crippen molar-refractivity contribution in [2.45, 2.75) is 19.8 Å². The largest absolute Gasteiger partial charge is 0.480 e. The summed E-state index contributed by atoms with van der Waals surface area (Å²) in [6.45, 7) is 4.72. The first-order valence-corrected chi connectivity index (χ1v) is 8.60. The number of hydrogen-bond acceptors (Lipinski definition) is 5. The van der Waals surface area contributed by atoms with Crippen LogP contribution in [0.5, 0.6) is 0 Å². The van der Waals surface area contributed by atoms with Crippen LogP contribution in [0.3, 0.4) is 0 Å². The molecule has 1 aliphatic heterocycles. The Balaban J connectivity index is 2.28. The smallest absolute Gasteiger partial charge is 0.317 e. The zero-order valence-electron chi connectivity index (χ0n) is 11.5. The van der Waals surface area contributed by atoms with E-state index in [-0.39, 0.29) is 18.1 Å². The highest BCUT2D eigenvalue weighted by Gasteiger charge is 2.21. The lowest BCUT2D eigenvalue weighted by Crippen LogP contribution is -2.42. The van der Waals surface area contributed by atoms with Crippen molar-refractivity contribution in [3.05, 3.63) is 0 Å². The summed E-state index contributed by atoms with van der Waals surface area (Å²) in [4.78, 5) is 12.6. The lowest BCUT2D eigenvalue weighted by atomic mass is 9.98. The van der Waals surface area contributed by atoms with Crippen molar-refractivity contribution in [3.63, 3.8) is 0 Å². The van der Waals surface area contributed by atoms with Crippen LogP contribution in [-0.2, 0) is 14.6 Å². The van der Waals surface area contributed by atoms with Crippen molar-refractivity contribution in [3.8, 4) is 0 Å². The first-order valence-electron chi connectivity index (χ1n) is 6.78. The molecule has 1 rings (SSSR count). The summed E-state index contributed by atoms with van der Waals surface area (Å²) in [7, 11) is -2.90. The number of likely N-dealkylation sites (tertiary alicyclic amines) is 1. The van der Waals surface area contributed by atoms with Crippen LogP contribution in [0.4, 0.5) is 0 Å². The minimum absolute atomic E-state index is 0.0132. The van der Waals surface area contributed by atoms with Crippen molar-refractivity contribution < 1.29 is 18.3 Å². The Morgan fingerprint density at radius 2 is 2.21 bits per heavy atom.